The quantitative estimate of drug-likeness (QED) is 0.414. The van der Waals surface area contributed by atoms with Crippen molar-refractivity contribution in [2.24, 2.45) is 5.73 Å². The maximum atomic E-state index is 11.7. The van der Waals surface area contributed by atoms with Crippen LogP contribution >= 0.6 is 11.8 Å². The van der Waals surface area contributed by atoms with E-state index in [1.807, 2.05) is 24.3 Å². The Morgan fingerprint density at radius 3 is 2.68 bits per heavy atom. The molecule has 4 N–H and O–H groups in total. The Labute approximate surface area is 145 Å². The lowest BCUT2D eigenvalue weighted by Crippen LogP contribution is -2.14. The van der Waals surface area contributed by atoms with Crippen molar-refractivity contribution >= 4 is 45.4 Å². The van der Waals surface area contributed by atoms with Crippen molar-refractivity contribution in [1.29, 1.82) is 0 Å². The van der Waals surface area contributed by atoms with Crippen molar-refractivity contribution in [2.75, 3.05) is 12.0 Å². The van der Waals surface area contributed by atoms with E-state index in [0.717, 1.165) is 10.9 Å². The number of amides is 1. The Morgan fingerprint density at radius 1 is 1.16 bits per heavy atom. The first-order chi connectivity index (χ1) is 12.1. The number of carbonyl (C=O) groups is 1. The molecule has 0 unspecified atom stereocenters. The summed E-state index contributed by atoms with van der Waals surface area (Å²) in [5, 5.41) is 14.0. The summed E-state index contributed by atoms with van der Waals surface area (Å²) in [5.41, 5.74) is 13.4. The molecule has 0 aliphatic heterocycles. The van der Waals surface area contributed by atoms with Crippen molar-refractivity contribution in [3.05, 3.63) is 36.2 Å². The summed E-state index contributed by atoms with van der Waals surface area (Å²) in [6, 6.07) is 7.52. The summed E-state index contributed by atoms with van der Waals surface area (Å²) in [5.74, 6) is -0.210. The van der Waals surface area contributed by atoms with Gasteiger partial charge in [0, 0.05) is 5.39 Å². The zero-order valence-corrected chi connectivity index (χ0v) is 13.9. The van der Waals surface area contributed by atoms with Crippen LogP contribution in [-0.2, 0) is 0 Å². The maximum absolute atomic E-state index is 11.7. The van der Waals surface area contributed by atoms with Gasteiger partial charge in [0.1, 0.15) is 28.3 Å². The van der Waals surface area contributed by atoms with Gasteiger partial charge in [-0.2, -0.15) is 9.78 Å². The van der Waals surface area contributed by atoms with E-state index >= 15 is 0 Å². The van der Waals surface area contributed by atoms with E-state index in [4.69, 9.17) is 11.5 Å². The number of benzene rings is 1. The van der Waals surface area contributed by atoms with E-state index in [-0.39, 0.29) is 11.4 Å². The fraction of sp³-hybridized carbons (Fsp3) is 0.0667. The van der Waals surface area contributed by atoms with Gasteiger partial charge in [-0.05, 0) is 12.3 Å². The van der Waals surface area contributed by atoms with Gasteiger partial charge in [0.15, 0.2) is 11.3 Å². The number of thioether (sulfide) groups is 1. The second kappa shape index (κ2) is 5.67. The largest absolute Gasteiger partial charge is 0.383 e. The standard InChI is InChI=1S/C15H12N8OS/c1-25-15-9(13(17)24)12(16)23(22-15)14-11-10(18-6-19-14)7-4-2-3-5-8(7)20-21-11/h2-6H,16H2,1H3,(H2,17,24). The molecule has 0 aliphatic rings. The fourth-order valence-electron chi connectivity index (χ4n) is 2.62. The summed E-state index contributed by atoms with van der Waals surface area (Å²) in [4.78, 5) is 20.3. The third-order valence-corrected chi connectivity index (χ3v) is 4.42. The number of rotatable bonds is 3. The molecule has 0 radical (unpaired) electrons. The van der Waals surface area contributed by atoms with Gasteiger partial charge in [-0.3, -0.25) is 4.79 Å². The van der Waals surface area contributed by atoms with E-state index in [2.05, 4.69) is 25.3 Å². The molecule has 3 heterocycles. The average molecular weight is 352 g/mol. The van der Waals surface area contributed by atoms with Crippen LogP contribution in [0.25, 0.3) is 27.8 Å². The molecule has 0 saturated carbocycles. The molecule has 10 heteroatoms. The minimum Gasteiger partial charge on any atom is -0.383 e. The highest BCUT2D eigenvalue weighted by molar-refractivity contribution is 7.98. The Morgan fingerprint density at radius 2 is 1.96 bits per heavy atom. The topological polar surface area (TPSA) is 138 Å². The van der Waals surface area contributed by atoms with Gasteiger partial charge in [0.25, 0.3) is 5.91 Å². The number of anilines is 1. The smallest absolute Gasteiger partial charge is 0.255 e. The first-order valence-electron chi connectivity index (χ1n) is 7.20. The maximum Gasteiger partial charge on any atom is 0.255 e. The van der Waals surface area contributed by atoms with E-state index in [9.17, 15) is 4.79 Å². The molecule has 0 fully saturated rings. The highest BCUT2D eigenvalue weighted by Crippen LogP contribution is 2.29. The zero-order valence-electron chi connectivity index (χ0n) is 13.0. The molecule has 0 aliphatic carbocycles. The molecule has 0 bridgehead atoms. The van der Waals surface area contributed by atoms with Crippen LogP contribution in [0.5, 0.6) is 0 Å². The summed E-state index contributed by atoms with van der Waals surface area (Å²) in [7, 11) is 0. The fourth-order valence-corrected chi connectivity index (χ4v) is 3.20. The number of hydrogen-bond acceptors (Lipinski definition) is 8. The Bertz CT molecular complexity index is 1140. The third kappa shape index (κ3) is 2.26. The van der Waals surface area contributed by atoms with Gasteiger partial charge in [0.2, 0.25) is 0 Å². The predicted octanol–water partition coefficient (Wildman–Crippen LogP) is 1.16. The normalized spacial score (nSPS) is 11.2. The number of carbonyl (C=O) groups excluding carboxylic acids is 1. The molecule has 0 saturated heterocycles. The molecule has 9 nitrogen and oxygen atoms in total. The number of hydrogen-bond donors (Lipinski definition) is 2. The SMILES string of the molecule is CSc1nn(-c2ncnc3c2nnc2ccccc23)c(N)c1C(N)=O. The molecular formula is C15H12N8OS. The van der Waals surface area contributed by atoms with Crippen LogP contribution in [0, 0.1) is 0 Å². The first kappa shape index (κ1) is 15.3. The molecular weight excluding hydrogens is 340 g/mol. The molecule has 4 rings (SSSR count). The van der Waals surface area contributed by atoms with Crippen molar-refractivity contribution in [2.45, 2.75) is 5.03 Å². The number of nitrogen functional groups attached to an aromatic ring is 1. The van der Waals surface area contributed by atoms with Crippen LogP contribution in [0.2, 0.25) is 0 Å². The van der Waals surface area contributed by atoms with Gasteiger partial charge in [-0.15, -0.1) is 22.0 Å². The number of aromatic nitrogens is 6. The Balaban J connectivity index is 2.06. The highest BCUT2D eigenvalue weighted by Gasteiger charge is 2.23. The number of fused-ring (bicyclic) bond motifs is 3. The molecule has 3 aromatic heterocycles. The second-order valence-corrected chi connectivity index (χ2v) is 5.95. The van der Waals surface area contributed by atoms with Crippen LogP contribution in [0.1, 0.15) is 10.4 Å². The number of primary amides is 1. The van der Waals surface area contributed by atoms with E-state index in [0.29, 0.717) is 21.9 Å². The van der Waals surface area contributed by atoms with Gasteiger partial charge >= 0.3 is 0 Å². The summed E-state index contributed by atoms with van der Waals surface area (Å²) < 4.78 is 1.35. The lowest BCUT2D eigenvalue weighted by atomic mass is 10.2. The van der Waals surface area contributed by atoms with E-state index in [1.54, 1.807) is 6.26 Å². The van der Waals surface area contributed by atoms with Gasteiger partial charge in [-0.25, -0.2) is 9.97 Å². The van der Waals surface area contributed by atoms with Gasteiger partial charge in [0.05, 0.1) is 5.52 Å². The lowest BCUT2D eigenvalue weighted by Gasteiger charge is -2.07. The average Bonchev–Trinajstić information content (AvgIpc) is 2.97. The number of nitrogens with zero attached hydrogens (tertiary/aromatic N) is 6. The number of nitrogens with two attached hydrogens (primary N) is 2. The first-order valence-corrected chi connectivity index (χ1v) is 8.43. The van der Waals surface area contributed by atoms with Crippen LogP contribution < -0.4 is 11.5 Å². The molecule has 124 valence electrons. The highest BCUT2D eigenvalue weighted by atomic mass is 32.2. The van der Waals surface area contributed by atoms with Gasteiger partial charge in [-0.1, -0.05) is 18.2 Å². The molecule has 4 aromatic rings. The predicted molar refractivity (Wildman–Crippen MR) is 94.5 cm³/mol. The summed E-state index contributed by atoms with van der Waals surface area (Å²) >= 11 is 1.27. The molecule has 0 atom stereocenters. The Hall–Kier alpha value is -3.27. The minimum atomic E-state index is -0.650. The summed E-state index contributed by atoms with van der Waals surface area (Å²) in [6.45, 7) is 0. The molecule has 1 amide bonds. The molecule has 25 heavy (non-hydrogen) atoms. The van der Waals surface area contributed by atoms with Crippen LogP contribution in [0.4, 0.5) is 5.82 Å². The minimum absolute atomic E-state index is 0.104. The van der Waals surface area contributed by atoms with Crippen molar-refractivity contribution in [1.82, 2.24) is 29.9 Å². The lowest BCUT2D eigenvalue weighted by molar-refractivity contribution is 0.0998. The molecule has 1 aromatic carbocycles. The van der Waals surface area contributed by atoms with E-state index in [1.165, 1.54) is 22.8 Å². The second-order valence-electron chi connectivity index (χ2n) is 5.16. The van der Waals surface area contributed by atoms with Crippen LogP contribution in [-0.4, -0.2) is 42.1 Å². The van der Waals surface area contributed by atoms with E-state index < -0.39 is 5.91 Å². The monoisotopic (exact) mass is 352 g/mol. The summed E-state index contributed by atoms with van der Waals surface area (Å²) in [6.07, 6.45) is 3.18. The third-order valence-electron chi connectivity index (χ3n) is 3.75. The van der Waals surface area contributed by atoms with Crippen LogP contribution in [0.3, 0.4) is 0 Å². The molecule has 0 spiro atoms. The van der Waals surface area contributed by atoms with Gasteiger partial charge < -0.3 is 11.5 Å². The van der Waals surface area contributed by atoms with Crippen molar-refractivity contribution < 1.29 is 4.79 Å². The van der Waals surface area contributed by atoms with Crippen molar-refractivity contribution in [3.8, 4) is 5.82 Å². The Kier molecular flexibility index (Phi) is 3.46. The van der Waals surface area contributed by atoms with Crippen LogP contribution in [0.15, 0.2) is 35.6 Å². The van der Waals surface area contributed by atoms with Crippen molar-refractivity contribution in [3.63, 3.8) is 0 Å². The zero-order chi connectivity index (χ0) is 17.6.